The molecule has 1 aliphatic rings. The third-order valence-corrected chi connectivity index (χ3v) is 4.28. The van der Waals surface area contributed by atoms with Crippen molar-refractivity contribution in [1.82, 2.24) is 0 Å². The summed E-state index contributed by atoms with van der Waals surface area (Å²) in [5.74, 6) is 0.160. The molecule has 0 radical (unpaired) electrons. The molecule has 0 saturated heterocycles. The number of thioether (sulfide) groups is 1. The van der Waals surface area contributed by atoms with Crippen LogP contribution in [0.5, 0.6) is 5.75 Å². The van der Waals surface area contributed by atoms with Gasteiger partial charge in [0.05, 0.1) is 12.2 Å². The maximum atomic E-state index is 13.3. The first kappa shape index (κ1) is 17.8. The smallest absolute Gasteiger partial charge is 0.420 e. The minimum atomic E-state index is -4.51. The molecule has 8 heteroatoms. The largest absolute Gasteiger partial charge is 0.493 e. The van der Waals surface area contributed by atoms with Crippen molar-refractivity contribution in [2.45, 2.75) is 37.9 Å². The zero-order chi connectivity index (χ0) is 17.0. The molecule has 0 aromatic heterocycles. The van der Waals surface area contributed by atoms with Gasteiger partial charge in [-0.25, -0.2) is 0 Å². The number of rotatable bonds is 6. The lowest BCUT2D eigenvalue weighted by molar-refractivity contribution is -0.138. The quantitative estimate of drug-likeness (QED) is 0.766. The van der Waals surface area contributed by atoms with E-state index >= 15 is 0 Å². The Morgan fingerprint density at radius 1 is 1.30 bits per heavy atom. The van der Waals surface area contributed by atoms with Crippen LogP contribution in [0.2, 0.25) is 0 Å². The van der Waals surface area contributed by atoms with Gasteiger partial charge in [0.15, 0.2) is 0 Å². The minimum Gasteiger partial charge on any atom is -0.493 e. The van der Waals surface area contributed by atoms with Crippen LogP contribution in [0.25, 0.3) is 0 Å². The molecule has 1 aromatic carbocycles. The van der Waals surface area contributed by atoms with Crippen LogP contribution in [0.1, 0.15) is 31.7 Å². The highest BCUT2D eigenvalue weighted by Gasteiger charge is 2.36. The van der Waals surface area contributed by atoms with Gasteiger partial charge in [0.1, 0.15) is 17.1 Å². The maximum absolute atomic E-state index is 13.3. The van der Waals surface area contributed by atoms with Gasteiger partial charge in [-0.1, -0.05) is 31.5 Å². The Balaban J connectivity index is 2.26. The molecule has 0 fully saturated rings. The summed E-state index contributed by atoms with van der Waals surface area (Å²) >= 11 is 1.25. The summed E-state index contributed by atoms with van der Waals surface area (Å²) in [6.45, 7) is 2.28. The number of alkyl halides is 3. The Morgan fingerprint density at radius 2 is 2.04 bits per heavy atom. The van der Waals surface area contributed by atoms with E-state index in [-0.39, 0.29) is 12.4 Å². The number of unbranched alkanes of at least 4 members (excludes halogenated alkanes) is 2. The van der Waals surface area contributed by atoms with Crippen molar-refractivity contribution in [3.63, 3.8) is 0 Å². The van der Waals surface area contributed by atoms with Crippen molar-refractivity contribution in [1.29, 1.82) is 0 Å². The number of anilines is 1. The van der Waals surface area contributed by atoms with Gasteiger partial charge in [0.2, 0.25) is 0 Å². The van der Waals surface area contributed by atoms with E-state index in [1.54, 1.807) is 5.41 Å². The predicted molar refractivity (Wildman–Crippen MR) is 86.8 cm³/mol. The van der Waals surface area contributed by atoms with E-state index < -0.39 is 17.2 Å². The summed E-state index contributed by atoms with van der Waals surface area (Å²) < 4.78 is 45.2. The lowest BCUT2D eigenvalue weighted by Crippen LogP contribution is -2.37. The van der Waals surface area contributed by atoms with Crippen LogP contribution < -0.4 is 21.1 Å². The highest BCUT2D eigenvalue weighted by atomic mass is 32.2. The fourth-order valence-corrected chi connectivity index (χ4v) is 3.01. The van der Waals surface area contributed by atoms with Crippen molar-refractivity contribution in [2.24, 2.45) is 11.5 Å². The molecule has 0 amide bonds. The number of ether oxygens (including phenoxy) is 1. The van der Waals surface area contributed by atoms with Crippen molar-refractivity contribution >= 4 is 17.4 Å². The third kappa shape index (κ3) is 4.26. The van der Waals surface area contributed by atoms with Gasteiger partial charge in [0, 0.05) is 11.1 Å². The fraction of sp³-hybridized carbons (Fsp3) is 0.467. The molecule has 0 spiro atoms. The molecule has 1 aromatic rings. The van der Waals surface area contributed by atoms with Crippen LogP contribution in [-0.2, 0) is 6.18 Å². The SMILES string of the molecule is CCCCCOc1ccc(N2C(N)=CSC2N)cc1C(F)(F)F. The highest BCUT2D eigenvalue weighted by molar-refractivity contribution is 8.03. The molecule has 2 rings (SSSR count). The fourth-order valence-electron chi connectivity index (χ4n) is 2.25. The van der Waals surface area contributed by atoms with Gasteiger partial charge in [-0.05, 0) is 24.6 Å². The van der Waals surface area contributed by atoms with Gasteiger partial charge in [-0.15, -0.1) is 0 Å². The highest BCUT2D eigenvalue weighted by Crippen LogP contribution is 2.40. The lowest BCUT2D eigenvalue weighted by atomic mass is 10.1. The standard InChI is InChI=1S/C15H20F3N3OS/c1-2-3-4-7-22-12-6-5-10(8-11(12)15(16,17)18)21-13(19)9-23-14(21)20/h5-6,8-9,14H,2-4,7,19-20H2,1H3. The van der Waals surface area contributed by atoms with Crippen molar-refractivity contribution < 1.29 is 17.9 Å². The van der Waals surface area contributed by atoms with Crippen LogP contribution in [0.3, 0.4) is 0 Å². The first-order valence-corrected chi connectivity index (χ1v) is 8.29. The molecule has 1 heterocycles. The van der Waals surface area contributed by atoms with E-state index in [2.05, 4.69) is 0 Å². The van der Waals surface area contributed by atoms with Crippen LogP contribution >= 0.6 is 11.8 Å². The summed E-state index contributed by atoms with van der Waals surface area (Å²) in [6.07, 6.45) is -1.89. The molecule has 0 bridgehead atoms. The molecule has 128 valence electrons. The Morgan fingerprint density at radius 3 is 2.61 bits per heavy atom. The molecule has 1 unspecified atom stereocenters. The summed E-state index contributed by atoms with van der Waals surface area (Å²) in [6, 6.07) is 3.89. The molecule has 0 aliphatic carbocycles. The molecule has 23 heavy (non-hydrogen) atoms. The van der Waals surface area contributed by atoms with E-state index in [9.17, 15) is 13.2 Å². The number of halogens is 3. The number of hydrogen-bond donors (Lipinski definition) is 2. The van der Waals surface area contributed by atoms with E-state index in [0.717, 1.165) is 25.3 Å². The molecule has 1 atom stereocenters. The van der Waals surface area contributed by atoms with E-state index in [1.165, 1.54) is 28.8 Å². The van der Waals surface area contributed by atoms with E-state index in [4.69, 9.17) is 16.2 Å². The number of hydrogen-bond acceptors (Lipinski definition) is 5. The zero-order valence-electron chi connectivity index (χ0n) is 12.8. The van der Waals surface area contributed by atoms with Crippen LogP contribution in [0.4, 0.5) is 18.9 Å². The number of nitrogens with two attached hydrogens (primary N) is 2. The molecule has 1 aliphatic heterocycles. The predicted octanol–water partition coefficient (Wildman–Crippen LogP) is 3.83. The maximum Gasteiger partial charge on any atom is 0.420 e. The average molecular weight is 347 g/mol. The summed E-state index contributed by atoms with van der Waals surface area (Å²) in [7, 11) is 0. The van der Waals surface area contributed by atoms with E-state index in [0.29, 0.717) is 11.5 Å². The second-order valence-corrected chi connectivity index (χ2v) is 6.16. The van der Waals surface area contributed by atoms with E-state index in [1.807, 2.05) is 6.92 Å². The van der Waals surface area contributed by atoms with Gasteiger partial charge in [-0.2, -0.15) is 13.2 Å². The monoisotopic (exact) mass is 347 g/mol. The van der Waals surface area contributed by atoms with Crippen LogP contribution in [0.15, 0.2) is 29.4 Å². The number of nitrogens with zero attached hydrogens (tertiary/aromatic N) is 1. The third-order valence-electron chi connectivity index (χ3n) is 3.41. The topological polar surface area (TPSA) is 64.5 Å². The van der Waals surface area contributed by atoms with Crippen molar-refractivity contribution in [3.05, 3.63) is 35.0 Å². The molecule has 0 saturated carbocycles. The van der Waals surface area contributed by atoms with Gasteiger partial charge >= 0.3 is 6.18 Å². The molecule has 4 N–H and O–H groups in total. The van der Waals surface area contributed by atoms with Crippen molar-refractivity contribution in [2.75, 3.05) is 11.5 Å². The Bertz CT molecular complexity index is 578. The zero-order valence-corrected chi connectivity index (χ0v) is 13.6. The van der Waals surface area contributed by atoms with Gasteiger partial charge in [0.25, 0.3) is 0 Å². The summed E-state index contributed by atoms with van der Waals surface area (Å²) in [4.78, 5) is 1.46. The summed E-state index contributed by atoms with van der Waals surface area (Å²) in [5.41, 5.74) is 10.6. The second-order valence-electron chi connectivity index (χ2n) is 5.17. The first-order chi connectivity index (χ1) is 10.8. The Kier molecular flexibility index (Phi) is 5.69. The first-order valence-electron chi connectivity index (χ1n) is 7.34. The summed E-state index contributed by atoms with van der Waals surface area (Å²) in [5, 5.41) is 1.62. The van der Waals surface area contributed by atoms with Crippen LogP contribution in [0, 0.1) is 0 Å². The molecular formula is C15H20F3N3OS. The molecular weight excluding hydrogens is 327 g/mol. The van der Waals surface area contributed by atoms with Gasteiger partial charge < -0.3 is 21.1 Å². The average Bonchev–Trinajstić information content (AvgIpc) is 2.82. The number of benzene rings is 1. The Labute approximate surface area is 137 Å². The second kappa shape index (κ2) is 7.35. The lowest BCUT2D eigenvalue weighted by Gasteiger charge is -2.25. The normalized spacial score (nSPS) is 18.2. The van der Waals surface area contributed by atoms with Crippen molar-refractivity contribution in [3.8, 4) is 5.75 Å². The van der Waals surface area contributed by atoms with Gasteiger partial charge in [-0.3, -0.25) is 0 Å². The molecule has 4 nitrogen and oxygen atoms in total. The minimum absolute atomic E-state index is 0.166. The Hall–Kier alpha value is -1.54. The van der Waals surface area contributed by atoms with Crippen LogP contribution in [-0.4, -0.2) is 12.1 Å².